The minimum absolute atomic E-state index is 0.662. The molecular formula is C9H18N2O4. The zero-order valence-corrected chi connectivity index (χ0v) is 9.44. The Bertz CT molecular complexity index is 247. The Kier molecular flexibility index (Phi) is 4.70. The minimum atomic E-state index is -1.21. The van der Waals surface area contributed by atoms with Crippen LogP contribution in [0.5, 0.6) is 0 Å². The normalized spacial score (nSPS) is 15.3. The maximum absolute atomic E-state index is 11.4. The zero-order chi connectivity index (χ0) is 12.2. The predicted octanol–water partition coefficient (Wildman–Crippen LogP) is -0.844. The van der Waals surface area contributed by atoms with Gasteiger partial charge in [0.05, 0.1) is 7.11 Å². The van der Waals surface area contributed by atoms with Crippen LogP contribution in [0.3, 0.4) is 0 Å². The van der Waals surface area contributed by atoms with Gasteiger partial charge in [-0.3, -0.25) is 9.59 Å². The van der Waals surface area contributed by atoms with Crippen LogP contribution in [0, 0.1) is 0 Å². The number of hydrogen-bond acceptors (Lipinski definition) is 6. The van der Waals surface area contributed by atoms with Crippen LogP contribution in [0.2, 0.25) is 0 Å². The number of esters is 2. The molecule has 2 unspecified atom stereocenters. The third-order valence-corrected chi connectivity index (χ3v) is 1.54. The number of nitrogens with two attached hydrogens (primary N) is 2. The fraction of sp³-hybridized carbons (Fsp3) is 0.778. The first-order valence-electron chi connectivity index (χ1n) is 4.51. The van der Waals surface area contributed by atoms with Gasteiger partial charge in [0.25, 0.3) is 0 Å². The van der Waals surface area contributed by atoms with Crippen LogP contribution < -0.4 is 11.5 Å². The Labute approximate surface area is 88.9 Å². The number of rotatable bonds is 3. The minimum Gasteiger partial charge on any atom is -0.468 e. The monoisotopic (exact) mass is 218 g/mol. The molecule has 0 bridgehead atoms. The summed E-state index contributed by atoms with van der Waals surface area (Å²) in [5.74, 6) is -1.46. The van der Waals surface area contributed by atoms with Crippen LogP contribution >= 0.6 is 0 Å². The lowest BCUT2D eigenvalue weighted by atomic mass is 10.1. The van der Waals surface area contributed by atoms with E-state index < -0.39 is 29.6 Å². The molecule has 0 saturated heterocycles. The molecule has 0 spiro atoms. The summed E-state index contributed by atoms with van der Waals surface area (Å²) in [6.07, 6.45) is 0. The van der Waals surface area contributed by atoms with E-state index in [1.54, 1.807) is 20.8 Å². The van der Waals surface area contributed by atoms with Gasteiger partial charge in [-0.1, -0.05) is 0 Å². The molecule has 0 fully saturated rings. The molecule has 6 nitrogen and oxygen atoms in total. The zero-order valence-electron chi connectivity index (χ0n) is 9.44. The second kappa shape index (κ2) is 5.09. The molecule has 0 heterocycles. The number of hydrogen-bond donors (Lipinski definition) is 2. The Hall–Kier alpha value is -1.14. The van der Waals surface area contributed by atoms with E-state index in [4.69, 9.17) is 16.2 Å². The van der Waals surface area contributed by atoms with Crippen molar-refractivity contribution in [3.05, 3.63) is 0 Å². The molecule has 0 rings (SSSR count). The lowest BCUT2D eigenvalue weighted by molar-refractivity contribution is -0.160. The van der Waals surface area contributed by atoms with Gasteiger partial charge in [0.1, 0.15) is 17.7 Å². The summed E-state index contributed by atoms with van der Waals surface area (Å²) in [5, 5.41) is 0. The number of carbonyl (C=O) groups excluding carboxylic acids is 2. The Balaban J connectivity index is 4.39. The van der Waals surface area contributed by atoms with Gasteiger partial charge in [-0.25, -0.2) is 0 Å². The van der Waals surface area contributed by atoms with Crippen LogP contribution in [0.15, 0.2) is 0 Å². The lowest BCUT2D eigenvalue weighted by Crippen LogP contribution is -2.53. The quantitative estimate of drug-likeness (QED) is 0.598. The van der Waals surface area contributed by atoms with Gasteiger partial charge >= 0.3 is 11.9 Å². The van der Waals surface area contributed by atoms with E-state index in [0.29, 0.717) is 0 Å². The molecule has 2 atom stereocenters. The van der Waals surface area contributed by atoms with E-state index in [1.807, 2.05) is 0 Å². The Morgan fingerprint density at radius 2 is 1.47 bits per heavy atom. The van der Waals surface area contributed by atoms with Gasteiger partial charge in [-0.15, -0.1) is 0 Å². The summed E-state index contributed by atoms with van der Waals surface area (Å²) in [4.78, 5) is 22.4. The number of methoxy groups -OCH3 is 1. The van der Waals surface area contributed by atoms with Crippen LogP contribution in [0.1, 0.15) is 20.8 Å². The second-order valence-corrected chi connectivity index (χ2v) is 4.11. The molecule has 0 aromatic heterocycles. The number of carbonyl (C=O) groups is 2. The van der Waals surface area contributed by atoms with Crippen molar-refractivity contribution in [3.63, 3.8) is 0 Å². The SMILES string of the molecule is COC(=O)C(N)C(N)C(=O)OC(C)(C)C. The largest absolute Gasteiger partial charge is 0.468 e. The van der Waals surface area contributed by atoms with Crippen molar-refractivity contribution in [1.82, 2.24) is 0 Å². The third-order valence-electron chi connectivity index (χ3n) is 1.54. The molecule has 6 heteroatoms. The van der Waals surface area contributed by atoms with E-state index in [0.717, 1.165) is 0 Å². The van der Waals surface area contributed by atoms with Gasteiger partial charge in [0, 0.05) is 0 Å². The standard InChI is InChI=1S/C9H18N2O4/c1-9(2,3)15-8(13)6(11)5(10)7(12)14-4/h5-6H,10-11H2,1-4H3. The van der Waals surface area contributed by atoms with Crippen LogP contribution in [-0.4, -0.2) is 36.7 Å². The third kappa shape index (κ3) is 4.75. The molecule has 88 valence electrons. The van der Waals surface area contributed by atoms with Crippen molar-refractivity contribution < 1.29 is 19.1 Å². The van der Waals surface area contributed by atoms with E-state index in [1.165, 1.54) is 7.11 Å². The van der Waals surface area contributed by atoms with Gasteiger partial charge in [-0.2, -0.15) is 0 Å². The lowest BCUT2D eigenvalue weighted by Gasteiger charge is -2.23. The van der Waals surface area contributed by atoms with Gasteiger partial charge in [0.15, 0.2) is 0 Å². The van der Waals surface area contributed by atoms with Gasteiger partial charge in [0.2, 0.25) is 0 Å². The molecule has 4 N–H and O–H groups in total. The van der Waals surface area contributed by atoms with E-state index in [2.05, 4.69) is 4.74 Å². The molecule has 0 aliphatic heterocycles. The van der Waals surface area contributed by atoms with Crippen LogP contribution in [-0.2, 0) is 19.1 Å². The highest BCUT2D eigenvalue weighted by molar-refractivity contribution is 5.86. The smallest absolute Gasteiger partial charge is 0.325 e. The topological polar surface area (TPSA) is 105 Å². The molecule has 0 saturated carbocycles. The maximum atomic E-state index is 11.4. The summed E-state index contributed by atoms with van der Waals surface area (Å²) in [6, 6.07) is -2.42. The summed E-state index contributed by atoms with van der Waals surface area (Å²) in [5.41, 5.74) is 10.2. The average molecular weight is 218 g/mol. The van der Waals surface area contributed by atoms with Crippen LogP contribution in [0.25, 0.3) is 0 Å². The van der Waals surface area contributed by atoms with Crippen LogP contribution in [0.4, 0.5) is 0 Å². The first kappa shape index (κ1) is 13.9. The fourth-order valence-electron chi connectivity index (χ4n) is 0.799. The Morgan fingerprint density at radius 1 is 1.07 bits per heavy atom. The Morgan fingerprint density at radius 3 is 1.80 bits per heavy atom. The van der Waals surface area contributed by atoms with Gasteiger partial charge in [-0.05, 0) is 20.8 Å². The van der Waals surface area contributed by atoms with Crippen molar-refractivity contribution in [1.29, 1.82) is 0 Å². The van der Waals surface area contributed by atoms with Crippen molar-refractivity contribution in [2.45, 2.75) is 38.5 Å². The van der Waals surface area contributed by atoms with Gasteiger partial charge < -0.3 is 20.9 Å². The van der Waals surface area contributed by atoms with Crippen molar-refractivity contribution >= 4 is 11.9 Å². The van der Waals surface area contributed by atoms with Crippen molar-refractivity contribution in [2.75, 3.05) is 7.11 Å². The summed E-state index contributed by atoms with van der Waals surface area (Å²) < 4.78 is 9.33. The molecule has 0 aromatic rings. The van der Waals surface area contributed by atoms with E-state index in [9.17, 15) is 9.59 Å². The number of ether oxygens (including phenoxy) is 2. The molecule has 0 amide bonds. The fourth-order valence-corrected chi connectivity index (χ4v) is 0.799. The highest BCUT2D eigenvalue weighted by Crippen LogP contribution is 2.08. The van der Waals surface area contributed by atoms with E-state index in [-0.39, 0.29) is 0 Å². The summed E-state index contributed by atoms with van der Waals surface area (Å²) in [7, 11) is 1.17. The molecule has 0 aliphatic carbocycles. The van der Waals surface area contributed by atoms with Crippen molar-refractivity contribution in [2.24, 2.45) is 11.5 Å². The van der Waals surface area contributed by atoms with E-state index >= 15 is 0 Å². The summed E-state index contributed by atoms with van der Waals surface area (Å²) >= 11 is 0. The molecular weight excluding hydrogens is 200 g/mol. The highest BCUT2D eigenvalue weighted by atomic mass is 16.6. The van der Waals surface area contributed by atoms with Crippen molar-refractivity contribution in [3.8, 4) is 0 Å². The first-order chi connectivity index (χ1) is 6.69. The second-order valence-electron chi connectivity index (χ2n) is 4.11. The maximum Gasteiger partial charge on any atom is 0.325 e. The molecule has 0 aromatic carbocycles. The predicted molar refractivity (Wildman–Crippen MR) is 53.8 cm³/mol. The molecule has 0 aliphatic rings. The molecule has 15 heavy (non-hydrogen) atoms. The average Bonchev–Trinajstić information content (AvgIpc) is 2.11. The molecule has 0 radical (unpaired) electrons. The summed E-state index contributed by atoms with van der Waals surface area (Å²) in [6.45, 7) is 5.09. The highest BCUT2D eigenvalue weighted by Gasteiger charge is 2.31. The first-order valence-corrected chi connectivity index (χ1v) is 4.51.